The van der Waals surface area contributed by atoms with E-state index in [9.17, 15) is 10.1 Å². The van der Waals surface area contributed by atoms with E-state index >= 15 is 0 Å². The summed E-state index contributed by atoms with van der Waals surface area (Å²) in [6.45, 7) is 13.1. The van der Waals surface area contributed by atoms with Gasteiger partial charge in [0.05, 0.1) is 4.92 Å². The molecule has 4 heteroatoms. The molecule has 0 bridgehead atoms. The third-order valence-corrected chi connectivity index (χ3v) is 4.08. The lowest BCUT2D eigenvalue weighted by molar-refractivity contribution is -0.384. The van der Waals surface area contributed by atoms with Crippen molar-refractivity contribution in [3.05, 3.63) is 34.4 Å². The first-order valence-electron chi connectivity index (χ1n) is 7.27. The smallest absolute Gasteiger partial charge is 0.269 e. The number of hydrogen-bond acceptors (Lipinski definition) is 3. The Balaban J connectivity index is 2.93. The number of nitrogens with zero attached hydrogens (tertiary/aromatic N) is 2. The van der Waals surface area contributed by atoms with Crippen LogP contribution in [0, 0.1) is 21.4 Å². The molecular formula is C16H26N2O2. The van der Waals surface area contributed by atoms with Crippen LogP contribution < -0.4 is 4.90 Å². The van der Waals surface area contributed by atoms with Crippen LogP contribution >= 0.6 is 0 Å². The van der Waals surface area contributed by atoms with Crippen LogP contribution in [-0.4, -0.2) is 18.0 Å². The molecular weight excluding hydrogens is 252 g/mol. The second-order valence-electron chi connectivity index (χ2n) is 6.34. The Morgan fingerprint density at radius 1 is 1.25 bits per heavy atom. The Morgan fingerprint density at radius 3 is 2.20 bits per heavy atom. The van der Waals surface area contributed by atoms with Crippen LogP contribution in [0.2, 0.25) is 0 Å². The van der Waals surface area contributed by atoms with Crippen LogP contribution in [0.1, 0.15) is 41.0 Å². The van der Waals surface area contributed by atoms with Crippen molar-refractivity contribution in [3.8, 4) is 0 Å². The number of benzene rings is 1. The number of non-ortho nitro benzene ring substituents is 1. The molecule has 1 aromatic carbocycles. The summed E-state index contributed by atoms with van der Waals surface area (Å²) in [5.74, 6) is 0.583. The van der Waals surface area contributed by atoms with Crippen molar-refractivity contribution in [1.82, 2.24) is 0 Å². The van der Waals surface area contributed by atoms with Gasteiger partial charge in [0.15, 0.2) is 0 Å². The second-order valence-corrected chi connectivity index (χ2v) is 6.34. The van der Waals surface area contributed by atoms with E-state index in [4.69, 9.17) is 0 Å². The highest BCUT2D eigenvalue weighted by Crippen LogP contribution is 2.30. The van der Waals surface area contributed by atoms with Crippen molar-refractivity contribution in [2.45, 2.75) is 41.0 Å². The zero-order valence-corrected chi connectivity index (χ0v) is 13.2. The molecule has 0 heterocycles. The number of hydrogen-bond donors (Lipinski definition) is 0. The van der Waals surface area contributed by atoms with Crippen LogP contribution in [-0.2, 0) is 0 Å². The van der Waals surface area contributed by atoms with Gasteiger partial charge in [-0.05, 0) is 29.9 Å². The number of anilines is 1. The van der Waals surface area contributed by atoms with E-state index in [0.717, 1.165) is 25.2 Å². The first-order valence-corrected chi connectivity index (χ1v) is 7.27. The fourth-order valence-electron chi connectivity index (χ4n) is 2.03. The lowest BCUT2D eigenvalue weighted by Crippen LogP contribution is -2.37. The average Bonchev–Trinajstić information content (AvgIpc) is 2.38. The summed E-state index contributed by atoms with van der Waals surface area (Å²) in [6, 6.07) is 6.87. The first kappa shape index (κ1) is 16.5. The zero-order valence-electron chi connectivity index (χ0n) is 13.2. The predicted octanol–water partition coefficient (Wildman–Crippen LogP) is 4.49. The molecule has 0 spiro atoms. The summed E-state index contributed by atoms with van der Waals surface area (Å²) in [5, 5.41) is 10.7. The quantitative estimate of drug-likeness (QED) is 0.545. The van der Waals surface area contributed by atoms with Crippen molar-refractivity contribution in [3.63, 3.8) is 0 Å². The molecule has 0 fully saturated rings. The third-order valence-electron chi connectivity index (χ3n) is 4.08. The van der Waals surface area contributed by atoms with Crippen molar-refractivity contribution < 1.29 is 4.92 Å². The number of nitro groups is 1. The van der Waals surface area contributed by atoms with E-state index in [1.165, 1.54) is 0 Å². The zero-order chi connectivity index (χ0) is 15.3. The summed E-state index contributed by atoms with van der Waals surface area (Å²) >= 11 is 0. The fourth-order valence-corrected chi connectivity index (χ4v) is 2.03. The largest absolute Gasteiger partial charge is 0.371 e. The summed E-state index contributed by atoms with van der Waals surface area (Å²) < 4.78 is 0. The molecule has 112 valence electrons. The third kappa shape index (κ3) is 4.22. The maximum atomic E-state index is 10.7. The molecule has 4 nitrogen and oxygen atoms in total. The average molecular weight is 278 g/mol. The standard InChI is InChI=1S/C16H26N2O2/c1-6-11-17(12-16(4,5)13(2)3)14-7-9-15(10-8-14)18(19)20/h7-10,13H,6,11-12H2,1-5H3. The van der Waals surface area contributed by atoms with Crippen LogP contribution in [0.25, 0.3) is 0 Å². The highest BCUT2D eigenvalue weighted by atomic mass is 16.6. The van der Waals surface area contributed by atoms with E-state index in [0.29, 0.717) is 5.92 Å². The predicted molar refractivity (Wildman–Crippen MR) is 84.2 cm³/mol. The van der Waals surface area contributed by atoms with E-state index < -0.39 is 0 Å². The van der Waals surface area contributed by atoms with Gasteiger partial charge in [0, 0.05) is 30.9 Å². The number of nitro benzene ring substituents is 1. The summed E-state index contributed by atoms with van der Waals surface area (Å²) in [5.41, 5.74) is 1.41. The molecule has 0 saturated heterocycles. The lowest BCUT2D eigenvalue weighted by Gasteiger charge is -2.37. The Morgan fingerprint density at radius 2 is 1.80 bits per heavy atom. The molecule has 0 radical (unpaired) electrons. The first-order chi connectivity index (χ1) is 9.27. The molecule has 1 aromatic rings. The minimum atomic E-state index is -0.355. The van der Waals surface area contributed by atoms with Crippen molar-refractivity contribution in [1.29, 1.82) is 0 Å². The summed E-state index contributed by atoms with van der Waals surface area (Å²) in [4.78, 5) is 12.7. The van der Waals surface area contributed by atoms with Gasteiger partial charge in [-0.3, -0.25) is 10.1 Å². The van der Waals surface area contributed by atoms with Gasteiger partial charge in [0.1, 0.15) is 0 Å². The van der Waals surface area contributed by atoms with Gasteiger partial charge < -0.3 is 4.90 Å². The second kappa shape index (κ2) is 6.73. The van der Waals surface area contributed by atoms with E-state index in [1.54, 1.807) is 12.1 Å². The van der Waals surface area contributed by atoms with Gasteiger partial charge in [0.25, 0.3) is 5.69 Å². The topological polar surface area (TPSA) is 46.4 Å². The minimum absolute atomic E-state index is 0.147. The Bertz CT molecular complexity index is 438. The minimum Gasteiger partial charge on any atom is -0.371 e. The molecule has 0 amide bonds. The van der Waals surface area contributed by atoms with Crippen molar-refractivity contribution in [2.24, 2.45) is 11.3 Å². The van der Waals surface area contributed by atoms with Gasteiger partial charge in [-0.1, -0.05) is 34.6 Å². The summed E-state index contributed by atoms with van der Waals surface area (Å²) in [7, 11) is 0. The molecule has 0 unspecified atom stereocenters. The van der Waals surface area contributed by atoms with E-state index in [1.807, 2.05) is 12.1 Å². The Hall–Kier alpha value is -1.58. The van der Waals surface area contributed by atoms with E-state index in [2.05, 4.69) is 39.5 Å². The van der Waals surface area contributed by atoms with Crippen LogP contribution in [0.4, 0.5) is 11.4 Å². The van der Waals surface area contributed by atoms with Gasteiger partial charge in [-0.25, -0.2) is 0 Å². The molecule has 0 aliphatic carbocycles. The van der Waals surface area contributed by atoms with Crippen LogP contribution in [0.3, 0.4) is 0 Å². The molecule has 0 atom stereocenters. The maximum absolute atomic E-state index is 10.7. The van der Waals surface area contributed by atoms with Gasteiger partial charge >= 0.3 is 0 Å². The normalized spacial score (nSPS) is 11.7. The van der Waals surface area contributed by atoms with Gasteiger partial charge in [-0.2, -0.15) is 0 Å². The molecule has 20 heavy (non-hydrogen) atoms. The van der Waals surface area contributed by atoms with Gasteiger partial charge in [0.2, 0.25) is 0 Å². The molecule has 0 aliphatic rings. The molecule has 1 rings (SSSR count). The van der Waals surface area contributed by atoms with Crippen molar-refractivity contribution >= 4 is 11.4 Å². The fraction of sp³-hybridized carbons (Fsp3) is 0.625. The molecule has 0 N–H and O–H groups in total. The SMILES string of the molecule is CCCN(CC(C)(C)C(C)C)c1ccc([N+](=O)[O-])cc1. The van der Waals surface area contributed by atoms with Crippen LogP contribution in [0.5, 0.6) is 0 Å². The maximum Gasteiger partial charge on any atom is 0.269 e. The molecule has 0 saturated carbocycles. The Labute approximate surface area is 121 Å². The van der Waals surface area contributed by atoms with E-state index in [-0.39, 0.29) is 16.0 Å². The highest BCUT2D eigenvalue weighted by molar-refractivity contribution is 5.51. The highest BCUT2D eigenvalue weighted by Gasteiger charge is 2.25. The van der Waals surface area contributed by atoms with Gasteiger partial charge in [-0.15, -0.1) is 0 Å². The number of rotatable bonds is 7. The van der Waals surface area contributed by atoms with Crippen molar-refractivity contribution in [2.75, 3.05) is 18.0 Å². The lowest BCUT2D eigenvalue weighted by atomic mass is 9.80. The Kier molecular flexibility index (Phi) is 5.54. The molecule has 0 aromatic heterocycles. The monoisotopic (exact) mass is 278 g/mol. The van der Waals surface area contributed by atoms with Crippen LogP contribution in [0.15, 0.2) is 24.3 Å². The summed E-state index contributed by atoms with van der Waals surface area (Å²) in [6.07, 6.45) is 1.06. The molecule has 0 aliphatic heterocycles.